The Morgan fingerprint density at radius 1 is 1.00 bits per heavy atom. The Balaban J connectivity index is -0.000000175. The molecule has 0 heterocycles. The molecule has 10 heteroatoms. The van der Waals surface area contributed by atoms with Crippen LogP contribution in [0.5, 0.6) is 0 Å². The Labute approximate surface area is 143 Å². The van der Waals surface area contributed by atoms with E-state index in [4.69, 9.17) is 5.11 Å². The van der Waals surface area contributed by atoms with Crippen molar-refractivity contribution < 1.29 is 48.0 Å². The van der Waals surface area contributed by atoms with Crippen LogP contribution in [0.1, 0.15) is 28.6 Å². The fourth-order valence-electron chi connectivity index (χ4n) is 1.05. The first-order chi connectivity index (χ1) is 10.9. The van der Waals surface area contributed by atoms with Crippen molar-refractivity contribution in [2.24, 2.45) is 0 Å². The maximum absolute atomic E-state index is 12.7. The topological polar surface area (TPSA) is 97.7 Å². The maximum Gasteiger partial charge on any atom is 0.381 e. The molecule has 0 spiro atoms. The monoisotopic (exact) mass is 374 g/mol. The second kappa shape index (κ2) is 11.9. The van der Waals surface area contributed by atoms with Gasteiger partial charge in [-0.2, -0.15) is 17.6 Å². The van der Waals surface area contributed by atoms with Crippen LogP contribution in [-0.4, -0.2) is 47.1 Å². The van der Waals surface area contributed by atoms with Gasteiger partial charge in [0.2, 0.25) is 0 Å². The normalized spacial score (nSPS) is 10.3. The number of aliphatic carboxylic acids is 1. The Hall–Kier alpha value is -2.52. The molecule has 0 saturated heterocycles. The first-order valence-corrected chi connectivity index (χ1v) is 6.34. The average Bonchev–Trinajstić information content (AvgIpc) is 2.46. The number of rotatable bonds is 9. The summed E-state index contributed by atoms with van der Waals surface area (Å²) in [4.78, 5) is 41.2. The molecule has 0 saturated carbocycles. The molecule has 0 aromatic rings. The zero-order chi connectivity index (χ0) is 19.6. The van der Waals surface area contributed by atoms with E-state index in [1.54, 1.807) is 0 Å². The number of Topliss-reactive ketones (excluding diaryl/α,β-unsaturated/α-hetero) is 2. The third-order valence-corrected chi connectivity index (χ3v) is 2.12. The zero-order valence-electron chi connectivity index (χ0n) is 12.7. The summed E-state index contributed by atoms with van der Waals surface area (Å²) in [5.74, 6) is -15.1. The first kappa shape index (κ1) is 27.3. The number of hydrogen-bond acceptors (Lipinski definition) is 5. The van der Waals surface area contributed by atoms with Crippen LogP contribution in [0.3, 0.4) is 0 Å². The lowest BCUT2D eigenvalue weighted by Crippen LogP contribution is -2.35. The summed E-state index contributed by atoms with van der Waals surface area (Å²) in [6.45, 7) is 7.34. The van der Waals surface area contributed by atoms with Gasteiger partial charge < -0.3 is 9.84 Å². The number of allylic oxidation sites excluding steroid dienone is 2. The highest BCUT2D eigenvalue weighted by Gasteiger charge is 2.43. The van der Waals surface area contributed by atoms with Crippen molar-refractivity contribution in [1.29, 1.82) is 0 Å². The average molecular weight is 374 g/mol. The van der Waals surface area contributed by atoms with Gasteiger partial charge in [0.1, 0.15) is 0 Å². The molecule has 25 heavy (non-hydrogen) atoms. The molecule has 0 unspecified atom stereocenters. The van der Waals surface area contributed by atoms with Crippen LogP contribution in [-0.2, 0) is 23.9 Å². The molecule has 0 aliphatic rings. The molecule has 0 atom stereocenters. The van der Waals surface area contributed by atoms with Crippen LogP contribution in [0, 0.1) is 0 Å². The van der Waals surface area contributed by atoms with Gasteiger partial charge in [-0.25, -0.2) is 9.59 Å². The van der Waals surface area contributed by atoms with E-state index in [0.717, 1.165) is 12.2 Å². The number of esters is 1. The molecule has 0 aliphatic carbocycles. The summed E-state index contributed by atoms with van der Waals surface area (Å²) >= 11 is 0. The van der Waals surface area contributed by atoms with Crippen molar-refractivity contribution in [1.82, 2.24) is 0 Å². The van der Waals surface area contributed by atoms with E-state index >= 15 is 0 Å². The Bertz CT molecular complexity index is 520. The largest absolute Gasteiger partial charge is 0.475 e. The van der Waals surface area contributed by atoms with E-state index in [9.17, 15) is 36.7 Å². The molecule has 0 radical (unpaired) electrons. The van der Waals surface area contributed by atoms with Crippen LogP contribution in [0.25, 0.3) is 0 Å². The number of halogens is 4. The Morgan fingerprint density at radius 2 is 1.36 bits per heavy atom. The van der Waals surface area contributed by atoms with Crippen LogP contribution >= 0.6 is 0 Å². The van der Waals surface area contributed by atoms with Crippen molar-refractivity contribution in [2.45, 2.75) is 39.0 Å². The van der Waals surface area contributed by atoms with Crippen LogP contribution in [0.2, 0.25) is 0 Å². The van der Waals surface area contributed by atoms with Crippen LogP contribution in [0.15, 0.2) is 25.3 Å². The predicted molar refractivity (Wildman–Crippen MR) is 82.6 cm³/mol. The predicted octanol–water partition coefficient (Wildman–Crippen LogP) is 3.06. The fraction of sp³-hybridized carbons (Fsp3) is 0.467. The second-order valence-electron chi connectivity index (χ2n) is 4.08. The van der Waals surface area contributed by atoms with E-state index < -0.39 is 48.2 Å². The molecule has 0 rings (SSSR count). The summed E-state index contributed by atoms with van der Waals surface area (Å²) in [6, 6.07) is 0. The van der Waals surface area contributed by atoms with Gasteiger partial charge in [0.15, 0.2) is 0 Å². The van der Waals surface area contributed by atoms with Crippen molar-refractivity contribution >= 4 is 23.5 Å². The number of ketones is 2. The molecule has 0 fully saturated rings. The number of carboxylic acid groups (broad SMARTS) is 1. The van der Waals surface area contributed by atoms with Gasteiger partial charge in [0.05, 0.1) is 6.61 Å². The maximum atomic E-state index is 12.7. The molecule has 1 N–H and O–H groups in total. The molecular weight excluding hydrogens is 352 g/mol. The summed E-state index contributed by atoms with van der Waals surface area (Å²) in [5.41, 5.74) is 0. The van der Waals surface area contributed by atoms with E-state index in [2.05, 4.69) is 17.9 Å². The summed E-state index contributed by atoms with van der Waals surface area (Å²) in [7, 11) is 0. The Kier molecular flexibility index (Phi) is 13.0. The number of alkyl halides is 4. The van der Waals surface area contributed by atoms with Crippen molar-refractivity contribution in [3.05, 3.63) is 25.3 Å². The second-order valence-corrected chi connectivity index (χ2v) is 4.08. The third kappa shape index (κ3) is 10.0. The molecule has 0 aromatic carbocycles. The summed E-state index contributed by atoms with van der Waals surface area (Å²) in [6.07, 6.45) is -0.138. The molecule has 0 aromatic heterocycles. The van der Waals surface area contributed by atoms with Gasteiger partial charge in [-0.1, -0.05) is 19.6 Å². The van der Waals surface area contributed by atoms with Gasteiger partial charge in [0, 0.05) is 14.3 Å². The quantitative estimate of drug-likeness (QED) is 0.288. The van der Waals surface area contributed by atoms with Gasteiger partial charge >= 0.3 is 35.4 Å². The smallest absolute Gasteiger partial charge is 0.381 e. The minimum absolute atomic E-state index is 0. The fourth-order valence-corrected chi connectivity index (χ4v) is 1.05. The van der Waals surface area contributed by atoms with Gasteiger partial charge in [-0.15, -0.1) is 13.2 Å². The lowest BCUT2D eigenvalue weighted by molar-refractivity contribution is -0.165. The highest BCUT2D eigenvalue weighted by molar-refractivity contribution is 6.36. The number of hydrogen-bond donors (Lipinski definition) is 1. The van der Waals surface area contributed by atoms with Crippen molar-refractivity contribution in [3.8, 4) is 0 Å². The van der Waals surface area contributed by atoms with E-state index in [0.29, 0.717) is 0 Å². The van der Waals surface area contributed by atoms with Gasteiger partial charge in [-0.3, -0.25) is 9.59 Å². The molecule has 0 bridgehead atoms. The van der Waals surface area contributed by atoms with E-state index in [1.165, 1.54) is 6.92 Å². The lowest BCUT2D eigenvalue weighted by atomic mass is 10.1. The third-order valence-electron chi connectivity index (χ3n) is 2.12. The lowest BCUT2D eigenvalue weighted by Gasteiger charge is -2.10. The minimum Gasteiger partial charge on any atom is -0.475 e. The van der Waals surface area contributed by atoms with Crippen LogP contribution < -0.4 is 0 Å². The molecule has 0 amide bonds. The molecule has 146 valence electrons. The van der Waals surface area contributed by atoms with Crippen molar-refractivity contribution in [3.63, 3.8) is 0 Å². The van der Waals surface area contributed by atoms with Crippen LogP contribution in [0.4, 0.5) is 17.6 Å². The minimum atomic E-state index is -3.83. The van der Waals surface area contributed by atoms with Gasteiger partial charge in [-0.05, 0) is 6.92 Å². The zero-order valence-corrected chi connectivity index (χ0v) is 12.7. The summed E-state index contributed by atoms with van der Waals surface area (Å²) < 4.78 is 54.0. The molecular formula is C15H22F4O6. The number of carbonyl (C=O) groups is 4. The SMILES string of the molecule is C.C=CCC(F)(F)C(=O)C(=O)O.C=CCC(F)(F)C(=O)C(=O)OCC.[HH]. The standard InChI is InChI=1S/C8H10F2O3.C6H6F2O3.CH4.H2/c1-3-5-8(9,10)6(11)7(12)13-4-2;1-2-3-6(7,8)4(9)5(10)11;;/h3H,1,4-5H2,2H3;2H,1,3H2,(H,10,11);1H4;1H. The number of carbonyl (C=O) groups excluding carboxylic acids is 3. The van der Waals surface area contributed by atoms with E-state index in [-0.39, 0.29) is 15.5 Å². The highest BCUT2D eigenvalue weighted by Crippen LogP contribution is 2.20. The highest BCUT2D eigenvalue weighted by atomic mass is 19.3. The van der Waals surface area contributed by atoms with Crippen molar-refractivity contribution in [2.75, 3.05) is 6.61 Å². The molecule has 0 aliphatic heterocycles. The first-order valence-electron chi connectivity index (χ1n) is 6.34. The Morgan fingerprint density at radius 3 is 1.64 bits per heavy atom. The summed E-state index contributed by atoms with van der Waals surface area (Å²) in [5, 5.41) is 7.88. The van der Waals surface area contributed by atoms with E-state index in [1.807, 2.05) is 0 Å². The van der Waals surface area contributed by atoms with Gasteiger partial charge in [0.25, 0.3) is 0 Å². The number of carboxylic acids is 1. The molecule has 6 nitrogen and oxygen atoms in total. The number of ether oxygens (including phenoxy) is 1.